The molecule has 0 heterocycles. The van der Waals surface area contributed by atoms with Crippen LogP contribution in [-0.2, 0) is 9.47 Å². The smallest absolute Gasteiger partial charge is 0.358 e. The van der Waals surface area contributed by atoms with E-state index in [-0.39, 0.29) is 8.33 Å². The molecule has 3 aliphatic rings. The van der Waals surface area contributed by atoms with Gasteiger partial charge in [0, 0.05) is 15.7 Å². The zero-order chi connectivity index (χ0) is 20.3. The second kappa shape index (κ2) is 10.4. The highest BCUT2D eigenvalue weighted by Gasteiger charge is 2.48. The van der Waals surface area contributed by atoms with Crippen molar-refractivity contribution in [2.75, 3.05) is 7.11 Å². The van der Waals surface area contributed by atoms with E-state index in [1.54, 1.807) is 7.11 Å². The van der Waals surface area contributed by atoms with Crippen LogP contribution >= 0.6 is 0 Å². The zero-order valence-electron chi connectivity index (χ0n) is 16.9. The van der Waals surface area contributed by atoms with E-state index in [4.69, 9.17) is 9.47 Å². The minimum absolute atomic E-state index is 0. The Kier molecular flexibility index (Phi) is 8.76. The van der Waals surface area contributed by atoms with Crippen molar-refractivity contribution in [3.8, 4) is 0 Å². The number of hydrogen-bond donors (Lipinski definition) is 0. The molecule has 174 valence electrons. The first-order valence-corrected chi connectivity index (χ1v) is 10.5. The predicted molar refractivity (Wildman–Crippen MR) is 104 cm³/mol. The molecule has 0 spiro atoms. The van der Waals surface area contributed by atoms with Crippen molar-refractivity contribution in [1.29, 1.82) is 0 Å². The average molecular weight is 433 g/mol. The quantitative estimate of drug-likeness (QED) is 0.397. The first kappa shape index (κ1) is 24.4. The van der Waals surface area contributed by atoms with Crippen LogP contribution in [0.4, 0.5) is 22.0 Å². The van der Waals surface area contributed by atoms with E-state index in [0.29, 0.717) is 24.7 Å². The second-order valence-electron chi connectivity index (χ2n) is 8.71. The molecule has 3 aliphatic carbocycles. The van der Waals surface area contributed by atoms with Crippen LogP contribution in [0.25, 0.3) is 0 Å². The van der Waals surface area contributed by atoms with E-state index in [2.05, 4.69) is 0 Å². The third-order valence-electron chi connectivity index (χ3n) is 6.86. The molecule has 0 amide bonds. The van der Waals surface area contributed by atoms with E-state index in [1.807, 2.05) is 6.26 Å². The maximum Gasteiger partial charge on any atom is 0.358 e. The van der Waals surface area contributed by atoms with Gasteiger partial charge in [-0.1, -0.05) is 0 Å². The molecule has 2 unspecified atom stereocenters. The Morgan fingerprint density at radius 1 is 0.897 bits per heavy atom. The van der Waals surface area contributed by atoms with Crippen LogP contribution in [0.5, 0.6) is 0 Å². The summed E-state index contributed by atoms with van der Waals surface area (Å²) in [5.74, 6) is 0.0722. The molecule has 3 nitrogen and oxygen atoms in total. The van der Waals surface area contributed by atoms with Gasteiger partial charge in [0.05, 0.1) is 25.4 Å². The van der Waals surface area contributed by atoms with Gasteiger partial charge in [0.15, 0.2) is 6.17 Å². The maximum absolute atomic E-state index is 14.6. The van der Waals surface area contributed by atoms with Crippen LogP contribution in [0.1, 0.15) is 67.1 Å². The van der Waals surface area contributed by atoms with Crippen molar-refractivity contribution in [2.24, 2.45) is 17.8 Å². The molecule has 2 atom stereocenters. The van der Waals surface area contributed by atoms with E-state index in [9.17, 15) is 22.0 Å². The molecule has 0 aromatic carbocycles. The summed E-state index contributed by atoms with van der Waals surface area (Å²) < 4.78 is 79.2. The topological polar surface area (TPSA) is 50.0 Å². The third kappa shape index (κ3) is 6.06. The van der Waals surface area contributed by atoms with Gasteiger partial charge >= 0.3 is 6.11 Å². The summed E-state index contributed by atoms with van der Waals surface area (Å²) in [4.78, 5) is 0. The van der Waals surface area contributed by atoms with Crippen molar-refractivity contribution in [3.05, 3.63) is 11.8 Å². The minimum atomic E-state index is -3.42. The summed E-state index contributed by atoms with van der Waals surface area (Å²) in [6, 6.07) is 0. The van der Waals surface area contributed by atoms with Crippen LogP contribution < -0.4 is 0 Å². The molecule has 2 N–H and O–H groups in total. The predicted octanol–water partition coefficient (Wildman–Crippen LogP) is 5.97. The summed E-state index contributed by atoms with van der Waals surface area (Å²) in [5, 5.41) is 0. The molecule has 8 heteroatoms. The molecular weight excluding hydrogens is 395 g/mol. The van der Waals surface area contributed by atoms with E-state index >= 15 is 0 Å². The average Bonchev–Trinajstić information content (AvgIpc) is 2.67. The van der Waals surface area contributed by atoms with Crippen LogP contribution in [-0.4, -0.2) is 43.3 Å². The molecule has 0 bridgehead atoms. The number of halogens is 5. The lowest BCUT2D eigenvalue weighted by atomic mass is 9.70. The molecule has 0 saturated heterocycles. The SMILES string of the molecule is COC=C1CCC(C2CCC(C(F)(F)OC3CC(F)C(F)C(F)C3)CC2)CC1.O.[HH].[HH]. The van der Waals surface area contributed by atoms with Crippen LogP contribution in [0.2, 0.25) is 0 Å². The van der Waals surface area contributed by atoms with Gasteiger partial charge in [-0.05, 0) is 68.8 Å². The fraction of sp³-hybridized carbons (Fsp3) is 0.905. The van der Waals surface area contributed by atoms with E-state index in [0.717, 1.165) is 38.5 Å². The zero-order valence-corrected chi connectivity index (χ0v) is 16.9. The van der Waals surface area contributed by atoms with Gasteiger partial charge in [-0.25, -0.2) is 13.2 Å². The number of rotatable bonds is 5. The van der Waals surface area contributed by atoms with Crippen molar-refractivity contribution < 1.29 is 39.8 Å². The largest absolute Gasteiger partial charge is 0.504 e. The highest BCUT2D eigenvalue weighted by molar-refractivity contribution is 5.02. The lowest BCUT2D eigenvalue weighted by molar-refractivity contribution is -0.306. The monoisotopic (exact) mass is 432 g/mol. The fourth-order valence-corrected chi connectivity index (χ4v) is 5.19. The lowest BCUT2D eigenvalue weighted by Crippen LogP contribution is -2.45. The lowest BCUT2D eigenvalue weighted by Gasteiger charge is -2.40. The summed E-state index contributed by atoms with van der Waals surface area (Å²) in [6.07, 6.45) is -3.98. The number of methoxy groups -OCH3 is 1. The molecule has 3 rings (SSSR count). The van der Waals surface area contributed by atoms with Gasteiger partial charge in [0.25, 0.3) is 0 Å². The fourth-order valence-electron chi connectivity index (χ4n) is 5.19. The normalized spacial score (nSPS) is 38.8. The number of alkyl halides is 5. The molecule has 0 aromatic heterocycles. The Bertz CT molecular complexity index is 525. The van der Waals surface area contributed by atoms with Gasteiger partial charge in [-0.3, -0.25) is 0 Å². The van der Waals surface area contributed by atoms with Crippen LogP contribution in [0.15, 0.2) is 11.8 Å². The highest BCUT2D eigenvalue weighted by atomic mass is 19.3. The Morgan fingerprint density at radius 3 is 1.93 bits per heavy atom. The van der Waals surface area contributed by atoms with Crippen LogP contribution in [0, 0.1) is 17.8 Å². The van der Waals surface area contributed by atoms with Crippen molar-refractivity contribution >= 4 is 0 Å². The van der Waals surface area contributed by atoms with Gasteiger partial charge in [-0.2, -0.15) is 8.78 Å². The van der Waals surface area contributed by atoms with Crippen molar-refractivity contribution in [2.45, 2.75) is 94.9 Å². The molecular formula is C21H37F5O3. The van der Waals surface area contributed by atoms with Gasteiger partial charge in [0.2, 0.25) is 0 Å². The standard InChI is InChI=1S/C21H31F5O2.H2O.2H2/c1-27-12-13-2-4-14(5-3-13)15-6-8-16(9-7-15)21(25,26)28-17-10-18(22)20(24)19(23)11-17;;;/h12,14-20H,2-11H2,1H3;1H2;2*1H. The summed E-state index contributed by atoms with van der Waals surface area (Å²) in [5.41, 5.74) is 1.31. The Labute approximate surface area is 172 Å². The molecule has 0 aromatic rings. The maximum atomic E-state index is 14.6. The number of hydrogen-bond acceptors (Lipinski definition) is 2. The van der Waals surface area contributed by atoms with Crippen LogP contribution in [0.3, 0.4) is 0 Å². The first-order valence-electron chi connectivity index (χ1n) is 10.5. The summed E-state index contributed by atoms with van der Waals surface area (Å²) in [7, 11) is 1.65. The molecule has 0 aliphatic heterocycles. The van der Waals surface area contributed by atoms with E-state index in [1.165, 1.54) is 5.57 Å². The van der Waals surface area contributed by atoms with Gasteiger partial charge < -0.3 is 14.9 Å². The third-order valence-corrected chi connectivity index (χ3v) is 6.86. The Balaban J connectivity index is 0.00000300. The first-order chi connectivity index (χ1) is 13.3. The highest BCUT2D eigenvalue weighted by Crippen LogP contribution is 2.46. The number of ether oxygens (including phenoxy) is 2. The summed E-state index contributed by atoms with van der Waals surface area (Å²) >= 11 is 0. The molecule has 0 radical (unpaired) electrons. The van der Waals surface area contributed by atoms with Crippen molar-refractivity contribution in [3.63, 3.8) is 0 Å². The summed E-state index contributed by atoms with van der Waals surface area (Å²) in [6.45, 7) is 0. The van der Waals surface area contributed by atoms with Crippen molar-refractivity contribution in [1.82, 2.24) is 0 Å². The van der Waals surface area contributed by atoms with E-state index < -0.39 is 49.5 Å². The van der Waals surface area contributed by atoms with Gasteiger partial charge in [-0.15, -0.1) is 0 Å². The molecule has 3 fully saturated rings. The molecule has 3 saturated carbocycles. The Hall–Kier alpha value is -0.890. The minimum Gasteiger partial charge on any atom is -0.504 e. The van der Waals surface area contributed by atoms with Gasteiger partial charge in [0.1, 0.15) is 12.3 Å². The second-order valence-corrected chi connectivity index (χ2v) is 8.71. The Morgan fingerprint density at radius 2 is 1.41 bits per heavy atom. The molecule has 29 heavy (non-hydrogen) atoms. The number of allylic oxidation sites excluding steroid dienone is 1.